The van der Waals surface area contributed by atoms with Gasteiger partial charge in [-0.1, -0.05) is 86.1 Å². The molecule has 2 aliphatic rings. The van der Waals surface area contributed by atoms with E-state index in [1.165, 1.54) is 73.6 Å². The van der Waals surface area contributed by atoms with Crippen LogP contribution in [0.1, 0.15) is 73.6 Å². The summed E-state index contributed by atoms with van der Waals surface area (Å²) in [6, 6.07) is 14.3. The molecule has 2 aliphatic carbocycles. The van der Waals surface area contributed by atoms with Crippen LogP contribution in [0, 0.1) is 13.8 Å². The highest BCUT2D eigenvalue weighted by molar-refractivity contribution is 5.81. The molecule has 0 radical (unpaired) electrons. The summed E-state index contributed by atoms with van der Waals surface area (Å²) in [5.74, 6) is 0. The Hall–Kier alpha value is -1.56. The average Bonchev–Trinajstić information content (AvgIpc) is 2.86. The first kappa shape index (κ1) is 15.0. The summed E-state index contributed by atoms with van der Waals surface area (Å²) in [7, 11) is 0. The predicted octanol–water partition coefficient (Wildman–Crippen LogP) is 6.70. The van der Waals surface area contributed by atoms with Gasteiger partial charge in [-0.2, -0.15) is 0 Å². The van der Waals surface area contributed by atoms with E-state index in [0.717, 1.165) is 0 Å². The zero-order valence-corrected chi connectivity index (χ0v) is 14.6. The van der Waals surface area contributed by atoms with Gasteiger partial charge in [-0.3, -0.25) is 0 Å². The second-order valence-electron chi connectivity index (χ2n) is 7.80. The maximum atomic E-state index is 2.49. The summed E-state index contributed by atoms with van der Waals surface area (Å²) in [5, 5.41) is 0. The quantitative estimate of drug-likeness (QED) is 0.507. The van der Waals surface area contributed by atoms with E-state index < -0.39 is 0 Å². The first-order valence-electron chi connectivity index (χ1n) is 9.43. The Morgan fingerprint density at radius 3 is 1.52 bits per heavy atom. The third kappa shape index (κ3) is 2.43. The monoisotopic (exact) mass is 304 g/mol. The topological polar surface area (TPSA) is 0 Å². The lowest BCUT2D eigenvalue weighted by Crippen LogP contribution is -2.25. The third-order valence-corrected chi connectivity index (χ3v) is 6.13. The van der Waals surface area contributed by atoms with E-state index in [1.807, 2.05) is 0 Å². The van der Waals surface area contributed by atoms with Crippen molar-refractivity contribution in [2.45, 2.75) is 70.6 Å². The fourth-order valence-electron chi connectivity index (χ4n) is 4.95. The van der Waals surface area contributed by atoms with Gasteiger partial charge in [-0.15, -0.1) is 0 Å². The molecular formula is C23H28. The van der Waals surface area contributed by atoms with Crippen molar-refractivity contribution in [1.82, 2.24) is 0 Å². The van der Waals surface area contributed by atoms with Gasteiger partial charge in [-0.25, -0.2) is 0 Å². The molecule has 0 heterocycles. The Morgan fingerprint density at radius 2 is 1.04 bits per heavy atom. The highest BCUT2D eigenvalue weighted by atomic mass is 14.4. The molecule has 0 atom stereocenters. The summed E-state index contributed by atoms with van der Waals surface area (Å²) in [6.07, 6.45) is 11.1. The lowest BCUT2D eigenvalue weighted by atomic mass is 9.70. The molecule has 0 amide bonds. The van der Waals surface area contributed by atoms with Crippen molar-refractivity contribution in [3.05, 3.63) is 58.7 Å². The van der Waals surface area contributed by atoms with Gasteiger partial charge in [0, 0.05) is 5.41 Å². The van der Waals surface area contributed by atoms with Crippen LogP contribution in [0.2, 0.25) is 0 Å². The minimum Gasteiger partial charge on any atom is -0.0587 e. The predicted molar refractivity (Wildman–Crippen MR) is 99.1 cm³/mol. The van der Waals surface area contributed by atoms with Crippen LogP contribution >= 0.6 is 0 Å². The Kier molecular flexibility index (Phi) is 3.79. The smallest absolute Gasteiger partial charge is 0.0215 e. The summed E-state index contributed by atoms with van der Waals surface area (Å²) >= 11 is 0. The van der Waals surface area contributed by atoms with Crippen LogP contribution in [0.5, 0.6) is 0 Å². The van der Waals surface area contributed by atoms with E-state index in [9.17, 15) is 0 Å². The van der Waals surface area contributed by atoms with Crippen molar-refractivity contribution in [2.24, 2.45) is 0 Å². The number of rotatable bonds is 0. The Bertz CT molecular complexity index is 659. The second-order valence-corrected chi connectivity index (χ2v) is 7.80. The van der Waals surface area contributed by atoms with E-state index in [2.05, 4.69) is 50.2 Å². The lowest BCUT2D eigenvalue weighted by Gasteiger charge is -2.32. The largest absolute Gasteiger partial charge is 0.0587 e. The number of fused-ring (bicyclic) bond motifs is 5. The van der Waals surface area contributed by atoms with Crippen molar-refractivity contribution < 1.29 is 0 Å². The van der Waals surface area contributed by atoms with Gasteiger partial charge >= 0.3 is 0 Å². The fourth-order valence-corrected chi connectivity index (χ4v) is 4.95. The van der Waals surface area contributed by atoms with Gasteiger partial charge in [0.15, 0.2) is 0 Å². The third-order valence-electron chi connectivity index (χ3n) is 6.13. The number of hydrogen-bond donors (Lipinski definition) is 0. The molecule has 23 heavy (non-hydrogen) atoms. The van der Waals surface area contributed by atoms with Gasteiger partial charge in [0.25, 0.3) is 0 Å². The van der Waals surface area contributed by atoms with Crippen LogP contribution in [-0.2, 0) is 5.41 Å². The fraction of sp³-hybridized carbons (Fsp3) is 0.478. The number of aryl methyl sites for hydroxylation is 2. The maximum Gasteiger partial charge on any atom is 0.0215 e. The Labute approximate surface area is 140 Å². The maximum absolute atomic E-state index is 2.49. The van der Waals surface area contributed by atoms with E-state index >= 15 is 0 Å². The summed E-state index contributed by atoms with van der Waals surface area (Å²) < 4.78 is 0. The highest BCUT2D eigenvalue weighted by Gasteiger charge is 2.42. The van der Waals surface area contributed by atoms with Crippen LogP contribution in [0.4, 0.5) is 0 Å². The molecule has 4 rings (SSSR count). The first-order valence-corrected chi connectivity index (χ1v) is 9.43. The lowest BCUT2D eigenvalue weighted by molar-refractivity contribution is 0.422. The molecule has 1 spiro atoms. The van der Waals surface area contributed by atoms with Crippen molar-refractivity contribution >= 4 is 0 Å². The normalized spacial score (nSPS) is 19.6. The molecule has 0 aliphatic heterocycles. The Morgan fingerprint density at radius 1 is 0.609 bits per heavy atom. The molecule has 0 saturated heterocycles. The molecule has 0 heteroatoms. The van der Waals surface area contributed by atoms with E-state index in [-0.39, 0.29) is 5.41 Å². The van der Waals surface area contributed by atoms with Crippen molar-refractivity contribution in [3.8, 4) is 11.1 Å². The molecule has 0 nitrogen and oxygen atoms in total. The summed E-state index contributed by atoms with van der Waals surface area (Å²) in [5.41, 5.74) is 9.36. The van der Waals surface area contributed by atoms with Crippen LogP contribution in [0.3, 0.4) is 0 Å². The Balaban J connectivity index is 1.93. The van der Waals surface area contributed by atoms with Gasteiger partial charge < -0.3 is 0 Å². The molecule has 0 N–H and O–H groups in total. The first-order chi connectivity index (χ1) is 11.2. The van der Waals surface area contributed by atoms with Crippen LogP contribution in [0.25, 0.3) is 11.1 Å². The minimum atomic E-state index is 0.285. The van der Waals surface area contributed by atoms with E-state index in [1.54, 1.807) is 11.1 Å². The van der Waals surface area contributed by atoms with Gasteiger partial charge in [-0.05, 0) is 48.9 Å². The van der Waals surface area contributed by atoms with Crippen LogP contribution in [0.15, 0.2) is 36.4 Å². The molecule has 2 aromatic rings. The highest BCUT2D eigenvalue weighted by Crippen LogP contribution is 2.54. The SMILES string of the molecule is Cc1ccc2c(c1)C1(CCCCCCCC1)c1cc(C)ccc1-2. The van der Waals surface area contributed by atoms with Crippen LogP contribution in [-0.4, -0.2) is 0 Å². The zero-order valence-electron chi connectivity index (χ0n) is 14.6. The van der Waals surface area contributed by atoms with E-state index in [0.29, 0.717) is 0 Å². The molecule has 120 valence electrons. The molecule has 0 unspecified atom stereocenters. The van der Waals surface area contributed by atoms with E-state index in [4.69, 9.17) is 0 Å². The summed E-state index contributed by atoms with van der Waals surface area (Å²) in [4.78, 5) is 0. The average molecular weight is 304 g/mol. The zero-order chi connectivity index (χ0) is 15.9. The van der Waals surface area contributed by atoms with Gasteiger partial charge in [0.2, 0.25) is 0 Å². The van der Waals surface area contributed by atoms with Crippen molar-refractivity contribution in [2.75, 3.05) is 0 Å². The van der Waals surface area contributed by atoms with Crippen molar-refractivity contribution in [3.63, 3.8) is 0 Å². The molecule has 2 aromatic carbocycles. The number of hydrogen-bond acceptors (Lipinski definition) is 0. The minimum absolute atomic E-state index is 0.285. The molecule has 0 aromatic heterocycles. The molecular weight excluding hydrogens is 276 g/mol. The van der Waals surface area contributed by atoms with Gasteiger partial charge in [0.05, 0.1) is 0 Å². The van der Waals surface area contributed by atoms with Crippen LogP contribution < -0.4 is 0 Å². The molecule has 1 saturated carbocycles. The van der Waals surface area contributed by atoms with Gasteiger partial charge in [0.1, 0.15) is 0 Å². The number of benzene rings is 2. The standard InChI is InChI=1S/C23H28/c1-17-9-11-19-20-12-10-18(2)16-22(20)23(21(19)15-17)13-7-5-3-4-6-8-14-23/h9-12,15-16H,3-8,13-14H2,1-2H3. The molecule has 1 fully saturated rings. The van der Waals surface area contributed by atoms with Crippen molar-refractivity contribution in [1.29, 1.82) is 0 Å². The molecule has 0 bridgehead atoms. The second kappa shape index (κ2) is 5.82. The summed E-state index contributed by atoms with van der Waals surface area (Å²) in [6.45, 7) is 4.49.